The SMILES string of the molecule is Cc1ccccc1Cn1cnc(NC(=O)c2ccc(COc3ccc([N+](=O)[O-])cc3)o2)n1. The van der Waals surface area contributed by atoms with Gasteiger partial charge in [-0.25, -0.2) is 9.67 Å². The van der Waals surface area contributed by atoms with E-state index < -0.39 is 10.8 Å². The van der Waals surface area contributed by atoms with Crippen LogP contribution in [-0.2, 0) is 13.2 Å². The van der Waals surface area contributed by atoms with E-state index in [1.807, 2.05) is 31.2 Å². The summed E-state index contributed by atoms with van der Waals surface area (Å²) in [5.41, 5.74) is 2.23. The molecule has 0 bridgehead atoms. The third-order valence-corrected chi connectivity index (χ3v) is 4.67. The van der Waals surface area contributed by atoms with Gasteiger partial charge in [0.2, 0.25) is 5.95 Å². The lowest BCUT2D eigenvalue weighted by atomic mass is 10.1. The van der Waals surface area contributed by atoms with E-state index in [4.69, 9.17) is 9.15 Å². The molecule has 10 heteroatoms. The Kier molecular flexibility index (Phi) is 5.93. The minimum atomic E-state index is -0.486. The standard InChI is InChI=1S/C22H19N5O5/c1-15-4-2-3-5-16(15)12-26-14-23-22(25-26)24-21(28)20-11-10-19(32-20)13-31-18-8-6-17(7-9-18)27(29)30/h2-11,14H,12-13H2,1H3,(H,24,25,28). The van der Waals surface area contributed by atoms with Gasteiger partial charge in [0.05, 0.1) is 11.5 Å². The zero-order valence-electron chi connectivity index (χ0n) is 17.1. The van der Waals surface area contributed by atoms with Crippen molar-refractivity contribution >= 4 is 17.5 Å². The molecule has 0 unspecified atom stereocenters. The molecule has 162 valence electrons. The van der Waals surface area contributed by atoms with E-state index >= 15 is 0 Å². The number of nitrogens with one attached hydrogen (secondary N) is 1. The van der Waals surface area contributed by atoms with Crippen molar-refractivity contribution in [3.05, 3.63) is 99.8 Å². The Balaban J connectivity index is 1.32. The average Bonchev–Trinajstić information content (AvgIpc) is 3.44. The van der Waals surface area contributed by atoms with Crippen LogP contribution in [0.5, 0.6) is 5.75 Å². The zero-order valence-corrected chi connectivity index (χ0v) is 17.1. The number of nitro groups is 1. The molecule has 0 fully saturated rings. The summed E-state index contributed by atoms with van der Waals surface area (Å²) in [5, 5.41) is 17.6. The van der Waals surface area contributed by atoms with Crippen LogP contribution in [0.4, 0.5) is 11.6 Å². The van der Waals surface area contributed by atoms with Gasteiger partial charge in [0, 0.05) is 12.1 Å². The number of rotatable bonds is 8. The molecule has 0 aliphatic carbocycles. The first-order valence-corrected chi connectivity index (χ1v) is 9.69. The van der Waals surface area contributed by atoms with E-state index in [1.165, 1.54) is 30.3 Å². The zero-order chi connectivity index (χ0) is 22.5. The molecular formula is C22H19N5O5. The Morgan fingerprint density at radius 3 is 2.69 bits per heavy atom. The monoisotopic (exact) mass is 433 g/mol. The molecule has 4 aromatic rings. The van der Waals surface area contributed by atoms with Crippen LogP contribution in [0.2, 0.25) is 0 Å². The maximum Gasteiger partial charge on any atom is 0.293 e. The van der Waals surface area contributed by atoms with E-state index in [2.05, 4.69) is 15.4 Å². The van der Waals surface area contributed by atoms with Crippen molar-refractivity contribution in [2.24, 2.45) is 0 Å². The van der Waals surface area contributed by atoms with Crippen LogP contribution in [0.15, 0.2) is 71.4 Å². The third-order valence-electron chi connectivity index (χ3n) is 4.67. The number of benzene rings is 2. The van der Waals surface area contributed by atoms with Crippen molar-refractivity contribution in [2.75, 3.05) is 5.32 Å². The van der Waals surface area contributed by atoms with Gasteiger partial charge in [-0.2, -0.15) is 0 Å². The highest BCUT2D eigenvalue weighted by Crippen LogP contribution is 2.19. The lowest BCUT2D eigenvalue weighted by Gasteiger charge is -2.04. The first-order chi connectivity index (χ1) is 15.5. The second-order valence-corrected chi connectivity index (χ2v) is 6.95. The predicted octanol–water partition coefficient (Wildman–Crippen LogP) is 3.97. The van der Waals surface area contributed by atoms with Crippen LogP contribution in [-0.4, -0.2) is 25.6 Å². The molecule has 32 heavy (non-hydrogen) atoms. The number of non-ortho nitro benzene ring substituents is 1. The van der Waals surface area contributed by atoms with Crippen molar-refractivity contribution in [2.45, 2.75) is 20.1 Å². The fraction of sp³-hybridized carbons (Fsp3) is 0.136. The molecule has 4 rings (SSSR count). The molecule has 2 heterocycles. The van der Waals surface area contributed by atoms with Crippen molar-refractivity contribution in [3.8, 4) is 5.75 Å². The molecule has 0 saturated carbocycles. The number of carbonyl (C=O) groups is 1. The van der Waals surface area contributed by atoms with Gasteiger partial charge >= 0.3 is 0 Å². The molecule has 10 nitrogen and oxygen atoms in total. The number of amides is 1. The van der Waals surface area contributed by atoms with Crippen molar-refractivity contribution < 1.29 is 18.9 Å². The Morgan fingerprint density at radius 2 is 1.94 bits per heavy atom. The van der Waals surface area contributed by atoms with Gasteiger partial charge in [-0.15, -0.1) is 5.10 Å². The van der Waals surface area contributed by atoms with Crippen LogP contribution in [0.3, 0.4) is 0 Å². The van der Waals surface area contributed by atoms with Gasteiger partial charge in [0.25, 0.3) is 11.6 Å². The Bertz CT molecular complexity index is 1250. The number of hydrogen-bond donors (Lipinski definition) is 1. The van der Waals surface area contributed by atoms with Gasteiger partial charge in [0.1, 0.15) is 24.4 Å². The van der Waals surface area contributed by atoms with Gasteiger partial charge in [-0.1, -0.05) is 24.3 Å². The first-order valence-electron chi connectivity index (χ1n) is 9.69. The topological polar surface area (TPSA) is 125 Å². The highest BCUT2D eigenvalue weighted by atomic mass is 16.6. The molecule has 0 radical (unpaired) electrons. The Labute approximate surface area is 182 Å². The Hall–Kier alpha value is -4.47. The number of aryl methyl sites for hydroxylation is 1. The number of hydrogen-bond acceptors (Lipinski definition) is 7. The molecule has 0 spiro atoms. The molecule has 2 aromatic heterocycles. The van der Waals surface area contributed by atoms with Crippen LogP contribution in [0, 0.1) is 17.0 Å². The molecule has 1 N–H and O–H groups in total. The fourth-order valence-electron chi connectivity index (χ4n) is 2.95. The number of carbonyl (C=O) groups excluding carboxylic acids is 1. The van der Waals surface area contributed by atoms with E-state index in [0.29, 0.717) is 18.1 Å². The molecule has 2 aromatic carbocycles. The third kappa shape index (κ3) is 4.98. The fourth-order valence-corrected chi connectivity index (χ4v) is 2.95. The number of nitrogens with zero attached hydrogens (tertiary/aromatic N) is 4. The van der Waals surface area contributed by atoms with Gasteiger partial charge < -0.3 is 9.15 Å². The highest BCUT2D eigenvalue weighted by molar-refractivity contribution is 6.01. The second kappa shape index (κ2) is 9.13. The van der Waals surface area contributed by atoms with Crippen molar-refractivity contribution in [3.63, 3.8) is 0 Å². The summed E-state index contributed by atoms with van der Waals surface area (Å²) in [6.45, 7) is 2.63. The molecule has 0 atom stereocenters. The lowest BCUT2D eigenvalue weighted by molar-refractivity contribution is -0.384. The van der Waals surface area contributed by atoms with Gasteiger partial charge in [0.15, 0.2) is 5.76 Å². The summed E-state index contributed by atoms with van der Waals surface area (Å²) >= 11 is 0. The van der Waals surface area contributed by atoms with Crippen LogP contribution in [0.25, 0.3) is 0 Å². The summed E-state index contributed by atoms with van der Waals surface area (Å²) in [5.74, 6) is 0.638. The largest absolute Gasteiger partial charge is 0.486 e. The average molecular weight is 433 g/mol. The summed E-state index contributed by atoms with van der Waals surface area (Å²) in [4.78, 5) is 26.7. The summed E-state index contributed by atoms with van der Waals surface area (Å²) in [6, 6.07) is 16.8. The molecule has 0 aliphatic heterocycles. The number of nitro benzene ring substituents is 1. The number of anilines is 1. The van der Waals surface area contributed by atoms with E-state index in [-0.39, 0.29) is 24.0 Å². The van der Waals surface area contributed by atoms with E-state index in [9.17, 15) is 14.9 Å². The second-order valence-electron chi connectivity index (χ2n) is 6.95. The van der Waals surface area contributed by atoms with Gasteiger partial charge in [-0.05, 0) is 42.3 Å². The maximum absolute atomic E-state index is 12.4. The predicted molar refractivity (Wildman–Crippen MR) is 114 cm³/mol. The summed E-state index contributed by atoms with van der Waals surface area (Å²) < 4.78 is 12.7. The van der Waals surface area contributed by atoms with E-state index in [0.717, 1.165) is 11.1 Å². The van der Waals surface area contributed by atoms with E-state index in [1.54, 1.807) is 17.1 Å². The molecule has 0 aliphatic rings. The summed E-state index contributed by atoms with van der Waals surface area (Å²) in [7, 11) is 0. The first kappa shape index (κ1) is 20.8. The van der Waals surface area contributed by atoms with Gasteiger partial charge in [-0.3, -0.25) is 20.2 Å². The number of aromatic nitrogens is 3. The van der Waals surface area contributed by atoms with Crippen molar-refractivity contribution in [1.82, 2.24) is 14.8 Å². The van der Waals surface area contributed by atoms with Crippen LogP contribution < -0.4 is 10.1 Å². The normalized spacial score (nSPS) is 10.7. The summed E-state index contributed by atoms with van der Waals surface area (Å²) in [6.07, 6.45) is 1.55. The highest BCUT2D eigenvalue weighted by Gasteiger charge is 2.14. The van der Waals surface area contributed by atoms with Crippen LogP contribution in [0.1, 0.15) is 27.4 Å². The molecule has 1 amide bonds. The quantitative estimate of drug-likeness (QED) is 0.329. The number of furan rings is 1. The minimum absolute atomic E-state index is 0.0238. The molecule has 0 saturated heterocycles. The molecular weight excluding hydrogens is 414 g/mol. The Morgan fingerprint density at radius 1 is 1.16 bits per heavy atom. The van der Waals surface area contributed by atoms with Crippen LogP contribution >= 0.6 is 0 Å². The minimum Gasteiger partial charge on any atom is -0.486 e. The lowest BCUT2D eigenvalue weighted by Crippen LogP contribution is -2.12. The van der Waals surface area contributed by atoms with Crippen molar-refractivity contribution in [1.29, 1.82) is 0 Å². The number of ether oxygens (including phenoxy) is 1. The maximum atomic E-state index is 12.4. The smallest absolute Gasteiger partial charge is 0.293 e.